The van der Waals surface area contributed by atoms with Crippen molar-refractivity contribution in [3.05, 3.63) is 94.6 Å². The summed E-state index contributed by atoms with van der Waals surface area (Å²) >= 11 is 6.41. The van der Waals surface area contributed by atoms with Gasteiger partial charge in [-0.2, -0.15) is 0 Å². The second-order valence-corrected chi connectivity index (χ2v) is 9.25. The van der Waals surface area contributed by atoms with E-state index >= 15 is 0 Å². The topological polar surface area (TPSA) is 66.2 Å². The number of ether oxygens (including phenoxy) is 1. The van der Waals surface area contributed by atoms with Gasteiger partial charge in [0.15, 0.2) is 6.61 Å². The average molecular weight is 474 g/mol. The molecule has 0 aliphatic heterocycles. The van der Waals surface area contributed by atoms with Gasteiger partial charge in [0.05, 0.1) is 0 Å². The van der Waals surface area contributed by atoms with E-state index in [0.29, 0.717) is 11.8 Å². The fourth-order valence-corrected chi connectivity index (χ4v) is 5.07. The highest BCUT2D eigenvalue weighted by Gasteiger charge is 2.24. The van der Waals surface area contributed by atoms with Crippen LogP contribution in [0.5, 0.6) is 5.75 Å². The molecule has 1 aliphatic carbocycles. The molecule has 1 aromatic heterocycles. The minimum absolute atomic E-state index is 0.0285. The van der Waals surface area contributed by atoms with Crippen LogP contribution in [0.3, 0.4) is 0 Å². The minimum Gasteiger partial charge on any atom is -0.484 e. The zero-order chi connectivity index (χ0) is 23.5. The molecule has 1 aliphatic rings. The zero-order valence-corrected chi connectivity index (χ0v) is 19.9. The van der Waals surface area contributed by atoms with Crippen LogP contribution in [0, 0.1) is 0 Å². The fraction of sp³-hybridized carbons (Fsp3) is 0.250. The van der Waals surface area contributed by atoms with E-state index in [4.69, 9.17) is 16.3 Å². The van der Waals surface area contributed by atoms with Gasteiger partial charge in [-0.05, 0) is 73.7 Å². The van der Waals surface area contributed by atoms with Crippen LogP contribution >= 0.6 is 11.6 Å². The van der Waals surface area contributed by atoms with Gasteiger partial charge in [0.25, 0.3) is 5.91 Å². The Morgan fingerprint density at radius 3 is 2.74 bits per heavy atom. The minimum atomic E-state index is -0.180. The van der Waals surface area contributed by atoms with Gasteiger partial charge in [0, 0.05) is 39.4 Å². The summed E-state index contributed by atoms with van der Waals surface area (Å²) in [5.74, 6) is 0.498. The third-order valence-electron chi connectivity index (χ3n) is 6.44. The van der Waals surface area contributed by atoms with Crippen LogP contribution in [0.4, 0.5) is 5.69 Å². The Balaban J connectivity index is 1.27. The Morgan fingerprint density at radius 2 is 1.91 bits per heavy atom. The first kappa shape index (κ1) is 22.5. The summed E-state index contributed by atoms with van der Waals surface area (Å²) in [6.07, 6.45) is 2.98. The number of para-hydroxylation sites is 1. The maximum Gasteiger partial charge on any atom is 0.262 e. The highest BCUT2D eigenvalue weighted by molar-refractivity contribution is 6.31. The third-order valence-corrected chi connectivity index (χ3v) is 6.79. The molecular formula is C28H28ClN3O2. The van der Waals surface area contributed by atoms with E-state index in [1.807, 2.05) is 60.7 Å². The maximum absolute atomic E-state index is 12.4. The van der Waals surface area contributed by atoms with Gasteiger partial charge in [0.2, 0.25) is 0 Å². The molecule has 2 atom stereocenters. The molecule has 3 aromatic carbocycles. The Bertz CT molecular complexity index is 1300. The van der Waals surface area contributed by atoms with Gasteiger partial charge in [-0.3, -0.25) is 4.79 Å². The number of amides is 1. The van der Waals surface area contributed by atoms with E-state index in [1.54, 1.807) is 0 Å². The van der Waals surface area contributed by atoms with E-state index in [1.165, 1.54) is 11.3 Å². The van der Waals surface area contributed by atoms with Crippen molar-refractivity contribution < 1.29 is 9.53 Å². The average Bonchev–Trinajstić information content (AvgIpc) is 3.21. The van der Waals surface area contributed by atoms with Gasteiger partial charge in [-0.25, -0.2) is 0 Å². The molecular weight excluding hydrogens is 446 g/mol. The number of halogens is 1. The number of aryl methyl sites for hydroxylation is 1. The molecule has 5 nitrogen and oxygen atoms in total. The number of benzene rings is 3. The molecule has 174 valence electrons. The van der Waals surface area contributed by atoms with Crippen LogP contribution in [0.2, 0.25) is 5.02 Å². The lowest BCUT2D eigenvalue weighted by molar-refractivity contribution is -0.118. The summed E-state index contributed by atoms with van der Waals surface area (Å²) < 4.78 is 5.56. The SMILES string of the molecule is CC(NC1CCc2[nH]c3ccc(NC(=O)COc4ccccc4)cc3c2C1)c1ccccc1Cl. The summed E-state index contributed by atoms with van der Waals surface area (Å²) in [7, 11) is 0. The lowest BCUT2D eigenvalue weighted by Crippen LogP contribution is -2.36. The number of rotatable bonds is 7. The van der Waals surface area contributed by atoms with E-state index in [0.717, 1.165) is 46.4 Å². The largest absolute Gasteiger partial charge is 0.484 e. The summed E-state index contributed by atoms with van der Waals surface area (Å²) in [6.45, 7) is 2.14. The first-order chi connectivity index (χ1) is 16.6. The van der Waals surface area contributed by atoms with Crippen LogP contribution in [0.25, 0.3) is 10.9 Å². The van der Waals surface area contributed by atoms with Crippen molar-refractivity contribution in [3.63, 3.8) is 0 Å². The van der Waals surface area contributed by atoms with E-state index < -0.39 is 0 Å². The number of anilines is 1. The Morgan fingerprint density at radius 1 is 1.12 bits per heavy atom. The number of carbonyl (C=O) groups is 1. The summed E-state index contributed by atoms with van der Waals surface area (Å²) in [4.78, 5) is 16.0. The molecule has 0 spiro atoms. The standard InChI is InChI=1S/C28H28ClN3O2/c1-18(22-9-5-6-10-25(22)29)30-19-11-13-26-23(15-19)24-16-20(12-14-27(24)32-26)31-28(33)17-34-21-7-3-2-4-8-21/h2-10,12,14,16,18-19,30,32H,11,13,15,17H2,1H3,(H,31,33). The number of hydrogen-bond acceptors (Lipinski definition) is 3. The molecule has 1 heterocycles. The third kappa shape index (κ3) is 4.96. The molecule has 6 heteroatoms. The Hall–Kier alpha value is -3.28. The van der Waals surface area contributed by atoms with Crippen LogP contribution in [0.1, 0.15) is 36.2 Å². The molecule has 3 N–H and O–H groups in total. The quantitative estimate of drug-likeness (QED) is 0.306. The number of H-pyrrole nitrogens is 1. The molecule has 1 amide bonds. The highest BCUT2D eigenvalue weighted by Crippen LogP contribution is 2.32. The lowest BCUT2D eigenvalue weighted by Gasteiger charge is -2.27. The Labute approximate surface area is 204 Å². The molecule has 0 fully saturated rings. The van der Waals surface area contributed by atoms with Crippen molar-refractivity contribution in [3.8, 4) is 5.75 Å². The number of nitrogens with one attached hydrogen (secondary N) is 3. The van der Waals surface area contributed by atoms with E-state index in [9.17, 15) is 4.79 Å². The number of hydrogen-bond donors (Lipinski definition) is 3. The van der Waals surface area contributed by atoms with Gasteiger partial charge in [-0.1, -0.05) is 48.0 Å². The van der Waals surface area contributed by atoms with Gasteiger partial charge in [0.1, 0.15) is 5.75 Å². The summed E-state index contributed by atoms with van der Waals surface area (Å²) in [6, 6.07) is 23.9. The Kier molecular flexibility index (Phi) is 6.57. The van der Waals surface area contributed by atoms with Crippen LogP contribution in [-0.4, -0.2) is 23.5 Å². The van der Waals surface area contributed by atoms with Gasteiger partial charge < -0.3 is 20.4 Å². The molecule has 0 saturated carbocycles. The number of fused-ring (bicyclic) bond motifs is 3. The first-order valence-electron chi connectivity index (χ1n) is 11.7. The van der Waals surface area contributed by atoms with E-state index in [-0.39, 0.29) is 18.6 Å². The van der Waals surface area contributed by atoms with Crippen LogP contribution in [0.15, 0.2) is 72.8 Å². The van der Waals surface area contributed by atoms with Crippen molar-refractivity contribution in [2.75, 3.05) is 11.9 Å². The van der Waals surface area contributed by atoms with Crippen molar-refractivity contribution in [2.45, 2.75) is 38.3 Å². The summed E-state index contributed by atoms with van der Waals surface area (Å²) in [5, 5.41) is 8.68. The molecule has 4 aromatic rings. The normalized spacial score (nSPS) is 16.1. The zero-order valence-electron chi connectivity index (χ0n) is 19.1. The number of aromatic amines is 1. The fourth-order valence-electron chi connectivity index (χ4n) is 4.77. The molecule has 0 saturated heterocycles. The second kappa shape index (κ2) is 9.92. The van der Waals surface area contributed by atoms with E-state index in [2.05, 4.69) is 34.7 Å². The van der Waals surface area contributed by atoms with Crippen molar-refractivity contribution in [1.82, 2.24) is 10.3 Å². The predicted molar refractivity (Wildman–Crippen MR) is 138 cm³/mol. The summed E-state index contributed by atoms with van der Waals surface area (Å²) in [5.41, 5.74) is 5.60. The number of carbonyl (C=O) groups excluding carboxylic acids is 1. The van der Waals surface area contributed by atoms with Gasteiger partial charge >= 0.3 is 0 Å². The van der Waals surface area contributed by atoms with Crippen LogP contribution in [-0.2, 0) is 17.6 Å². The van der Waals surface area contributed by atoms with Crippen LogP contribution < -0.4 is 15.4 Å². The second-order valence-electron chi connectivity index (χ2n) is 8.84. The molecule has 0 bridgehead atoms. The monoisotopic (exact) mass is 473 g/mol. The molecule has 5 rings (SSSR count). The van der Waals surface area contributed by atoms with Crippen molar-refractivity contribution in [2.24, 2.45) is 0 Å². The lowest BCUT2D eigenvalue weighted by atomic mass is 9.90. The predicted octanol–water partition coefficient (Wildman–Crippen LogP) is 6.05. The molecule has 34 heavy (non-hydrogen) atoms. The number of aromatic nitrogens is 1. The van der Waals surface area contributed by atoms with Crippen molar-refractivity contribution in [1.29, 1.82) is 0 Å². The molecule has 0 radical (unpaired) electrons. The first-order valence-corrected chi connectivity index (χ1v) is 12.1. The van der Waals surface area contributed by atoms with Gasteiger partial charge in [-0.15, -0.1) is 0 Å². The highest BCUT2D eigenvalue weighted by atomic mass is 35.5. The van der Waals surface area contributed by atoms with Crippen molar-refractivity contribution >= 4 is 34.1 Å². The maximum atomic E-state index is 12.4. The molecule has 2 unspecified atom stereocenters. The smallest absolute Gasteiger partial charge is 0.262 e.